The van der Waals surface area contributed by atoms with Gasteiger partial charge in [-0.1, -0.05) is 101 Å². The Kier molecular flexibility index (Phi) is 10.9. The van der Waals surface area contributed by atoms with Crippen molar-refractivity contribution in [3.8, 4) is 0 Å². The Balaban J connectivity index is 1.57. The van der Waals surface area contributed by atoms with E-state index in [4.69, 9.17) is 0 Å². The fourth-order valence-corrected chi connectivity index (χ4v) is 7.63. The van der Waals surface area contributed by atoms with Crippen LogP contribution in [0.15, 0.2) is 112 Å². The van der Waals surface area contributed by atoms with Crippen LogP contribution in [0.1, 0.15) is 42.4 Å². The Morgan fingerprint density at radius 2 is 1.54 bits per heavy atom. The molecule has 1 atom stereocenters. The van der Waals surface area contributed by atoms with Crippen molar-refractivity contribution in [3.05, 3.63) is 130 Å². The van der Waals surface area contributed by atoms with Gasteiger partial charge in [-0.3, -0.25) is 13.9 Å². The van der Waals surface area contributed by atoms with E-state index in [9.17, 15) is 18.0 Å². The minimum Gasteiger partial charge on any atom is -0.352 e. The molecule has 46 heavy (non-hydrogen) atoms. The number of benzene rings is 4. The van der Waals surface area contributed by atoms with Crippen LogP contribution in [0.25, 0.3) is 0 Å². The van der Waals surface area contributed by atoms with E-state index in [0.717, 1.165) is 57.2 Å². The number of carbonyl (C=O) groups is 2. The van der Waals surface area contributed by atoms with Crippen LogP contribution >= 0.6 is 15.9 Å². The van der Waals surface area contributed by atoms with E-state index in [2.05, 4.69) is 21.2 Å². The van der Waals surface area contributed by atoms with E-state index in [1.54, 1.807) is 12.1 Å². The average molecular weight is 707 g/mol. The summed E-state index contributed by atoms with van der Waals surface area (Å²) in [4.78, 5) is 30.0. The molecule has 1 aliphatic rings. The van der Waals surface area contributed by atoms with Gasteiger partial charge in [0, 0.05) is 23.5 Å². The standard InChI is InChI=1S/C36H37BrFN3O4S/c1-26-18-20-31(21-19-26)46(44,45)41(33-17-8-7-16-32(33)38)25-35(42)40(24-28-12-9-13-29(37)22-28)34(23-27-10-3-2-4-11-27)36(43)39-30-14-5-6-15-30/h2-4,7-13,16-22,30,34H,5-6,14-15,23-25H2,1H3,(H,39,43)/t34-/m0/s1. The number of sulfonamides is 1. The normalized spacial score (nSPS) is 14.1. The molecule has 0 aromatic heterocycles. The quantitative estimate of drug-likeness (QED) is 0.176. The fourth-order valence-electron chi connectivity index (χ4n) is 5.76. The van der Waals surface area contributed by atoms with E-state index >= 15 is 4.39 Å². The van der Waals surface area contributed by atoms with Crippen molar-refractivity contribution < 1.29 is 22.4 Å². The molecule has 0 bridgehead atoms. The Labute approximate surface area is 278 Å². The van der Waals surface area contributed by atoms with Gasteiger partial charge in [0.05, 0.1) is 10.6 Å². The zero-order valence-electron chi connectivity index (χ0n) is 25.6. The van der Waals surface area contributed by atoms with Gasteiger partial charge in [0.15, 0.2) is 0 Å². The molecule has 5 rings (SSSR count). The van der Waals surface area contributed by atoms with Gasteiger partial charge in [-0.25, -0.2) is 12.8 Å². The molecular weight excluding hydrogens is 669 g/mol. The van der Waals surface area contributed by atoms with Crippen LogP contribution in [0.2, 0.25) is 0 Å². The van der Waals surface area contributed by atoms with Crippen molar-refractivity contribution in [2.24, 2.45) is 0 Å². The van der Waals surface area contributed by atoms with Gasteiger partial charge in [-0.15, -0.1) is 0 Å². The summed E-state index contributed by atoms with van der Waals surface area (Å²) in [6.45, 7) is 1.15. The number of nitrogens with zero attached hydrogens (tertiary/aromatic N) is 2. The number of hydrogen-bond donors (Lipinski definition) is 1. The average Bonchev–Trinajstić information content (AvgIpc) is 3.55. The van der Waals surface area contributed by atoms with E-state index in [1.165, 1.54) is 35.2 Å². The largest absolute Gasteiger partial charge is 0.352 e. The highest BCUT2D eigenvalue weighted by Gasteiger charge is 2.36. The summed E-state index contributed by atoms with van der Waals surface area (Å²) < 4.78 is 45.1. The van der Waals surface area contributed by atoms with Crippen molar-refractivity contribution in [3.63, 3.8) is 0 Å². The number of rotatable bonds is 12. The number of anilines is 1. The second kappa shape index (κ2) is 15.0. The van der Waals surface area contributed by atoms with Crippen molar-refractivity contribution in [2.45, 2.75) is 62.6 Å². The van der Waals surface area contributed by atoms with E-state index in [1.807, 2.05) is 61.5 Å². The maximum atomic E-state index is 15.3. The molecule has 0 saturated heterocycles. The topological polar surface area (TPSA) is 86.8 Å². The van der Waals surface area contributed by atoms with Crippen molar-refractivity contribution in [2.75, 3.05) is 10.8 Å². The zero-order valence-corrected chi connectivity index (χ0v) is 28.0. The minimum atomic E-state index is -4.39. The van der Waals surface area contributed by atoms with Crippen molar-refractivity contribution in [1.82, 2.24) is 10.2 Å². The molecule has 10 heteroatoms. The lowest BCUT2D eigenvalue weighted by Crippen LogP contribution is -2.54. The fraction of sp³-hybridized carbons (Fsp3) is 0.278. The van der Waals surface area contributed by atoms with Gasteiger partial charge < -0.3 is 10.2 Å². The smallest absolute Gasteiger partial charge is 0.264 e. The number of amides is 2. The Bertz CT molecular complexity index is 1760. The molecule has 0 spiro atoms. The molecule has 0 aliphatic heterocycles. The highest BCUT2D eigenvalue weighted by molar-refractivity contribution is 9.10. The molecule has 7 nitrogen and oxygen atoms in total. The summed E-state index contributed by atoms with van der Waals surface area (Å²) in [5, 5.41) is 3.15. The number of hydrogen-bond acceptors (Lipinski definition) is 4. The second-order valence-corrected chi connectivity index (χ2v) is 14.4. The van der Waals surface area contributed by atoms with Crippen molar-refractivity contribution >= 4 is 43.5 Å². The van der Waals surface area contributed by atoms with Gasteiger partial charge in [-0.2, -0.15) is 0 Å². The van der Waals surface area contributed by atoms with Crippen LogP contribution in [0, 0.1) is 12.7 Å². The van der Waals surface area contributed by atoms with Crippen LogP contribution in [0.4, 0.5) is 10.1 Å². The molecule has 1 aliphatic carbocycles. The summed E-state index contributed by atoms with van der Waals surface area (Å²) in [5.74, 6) is -1.73. The van der Waals surface area contributed by atoms with Gasteiger partial charge in [0.25, 0.3) is 10.0 Å². The Hall–Kier alpha value is -4.02. The monoisotopic (exact) mass is 705 g/mol. The molecule has 0 unspecified atom stereocenters. The number of halogens is 2. The number of nitrogens with one attached hydrogen (secondary N) is 1. The summed E-state index contributed by atoms with van der Waals surface area (Å²) in [6, 6.07) is 27.5. The predicted molar refractivity (Wildman–Crippen MR) is 181 cm³/mol. The molecule has 2 amide bonds. The van der Waals surface area contributed by atoms with Gasteiger partial charge in [0.1, 0.15) is 18.4 Å². The lowest BCUT2D eigenvalue weighted by atomic mass is 10.0. The number of aryl methyl sites for hydroxylation is 1. The molecule has 1 fully saturated rings. The lowest BCUT2D eigenvalue weighted by Gasteiger charge is -2.34. The van der Waals surface area contributed by atoms with Gasteiger partial charge >= 0.3 is 0 Å². The minimum absolute atomic E-state index is 0.00502. The van der Waals surface area contributed by atoms with Crippen molar-refractivity contribution in [1.29, 1.82) is 0 Å². The second-order valence-electron chi connectivity index (χ2n) is 11.6. The van der Waals surface area contributed by atoms with Crippen LogP contribution in [-0.4, -0.2) is 43.8 Å². The zero-order chi connectivity index (χ0) is 32.7. The summed E-state index contributed by atoms with van der Waals surface area (Å²) in [5.41, 5.74) is 2.19. The lowest BCUT2D eigenvalue weighted by molar-refractivity contribution is -0.140. The summed E-state index contributed by atoms with van der Waals surface area (Å²) >= 11 is 3.49. The Morgan fingerprint density at radius 1 is 0.891 bits per heavy atom. The summed E-state index contributed by atoms with van der Waals surface area (Å²) in [7, 11) is -4.39. The molecule has 1 saturated carbocycles. The van der Waals surface area contributed by atoms with Crippen LogP contribution < -0.4 is 9.62 Å². The third-order valence-electron chi connectivity index (χ3n) is 8.22. The van der Waals surface area contributed by atoms with E-state index in [0.29, 0.717) is 0 Å². The molecular formula is C36H37BrFN3O4S. The maximum absolute atomic E-state index is 15.3. The third kappa shape index (κ3) is 8.22. The van der Waals surface area contributed by atoms with Crippen LogP contribution in [0.3, 0.4) is 0 Å². The number of carbonyl (C=O) groups excluding carboxylic acids is 2. The SMILES string of the molecule is Cc1ccc(S(=O)(=O)N(CC(=O)N(Cc2cccc(Br)c2)[C@@H](Cc2ccccc2)C(=O)NC2CCCC2)c2ccccc2F)cc1. The third-order valence-corrected chi connectivity index (χ3v) is 10.5. The molecule has 0 radical (unpaired) electrons. The van der Waals surface area contributed by atoms with Crippen LogP contribution in [-0.2, 0) is 32.6 Å². The van der Waals surface area contributed by atoms with Crippen LogP contribution in [0.5, 0.6) is 0 Å². The predicted octanol–water partition coefficient (Wildman–Crippen LogP) is 6.79. The first-order valence-corrected chi connectivity index (χ1v) is 17.6. The highest BCUT2D eigenvalue weighted by atomic mass is 79.9. The van der Waals surface area contributed by atoms with E-state index < -0.39 is 34.3 Å². The molecule has 1 N–H and O–H groups in total. The van der Waals surface area contributed by atoms with Gasteiger partial charge in [0.2, 0.25) is 11.8 Å². The molecule has 4 aromatic carbocycles. The first kappa shape index (κ1) is 33.3. The Morgan fingerprint density at radius 3 is 2.22 bits per heavy atom. The van der Waals surface area contributed by atoms with E-state index in [-0.39, 0.29) is 35.5 Å². The molecule has 240 valence electrons. The van der Waals surface area contributed by atoms with Gasteiger partial charge in [-0.05, 0) is 67.3 Å². The highest BCUT2D eigenvalue weighted by Crippen LogP contribution is 2.28. The first-order chi connectivity index (χ1) is 22.1. The first-order valence-electron chi connectivity index (χ1n) is 15.3. The molecule has 0 heterocycles. The maximum Gasteiger partial charge on any atom is 0.264 e. The molecule has 4 aromatic rings. The number of para-hydroxylation sites is 1. The summed E-state index contributed by atoms with van der Waals surface area (Å²) in [6.07, 6.45) is 3.97.